The molecule has 0 radical (unpaired) electrons. The molecule has 0 spiro atoms. The van der Waals surface area contributed by atoms with Gasteiger partial charge in [0.15, 0.2) is 0 Å². The number of aryl methyl sites for hydroxylation is 1. The molecule has 0 aliphatic carbocycles. The highest BCUT2D eigenvalue weighted by molar-refractivity contribution is 6.04. The van der Waals surface area contributed by atoms with Gasteiger partial charge in [0, 0.05) is 50.7 Å². The number of nitrogens with one attached hydrogen (secondary N) is 1. The van der Waals surface area contributed by atoms with Gasteiger partial charge in [-0.1, -0.05) is 0 Å². The quantitative estimate of drug-likeness (QED) is 0.592. The molecular weight excluding hydrogens is 354 g/mol. The van der Waals surface area contributed by atoms with Gasteiger partial charge < -0.3 is 14.8 Å². The second-order valence-electron chi connectivity index (χ2n) is 6.63. The van der Waals surface area contributed by atoms with Crippen molar-refractivity contribution in [2.24, 2.45) is 7.05 Å². The van der Waals surface area contributed by atoms with Gasteiger partial charge in [-0.05, 0) is 29.7 Å². The van der Waals surface area contributed by atoms with Crippen LogP contribution in [0.15, 0.2) is 55.4 Å². The molecular formula is C20H19N7O. The van der Waals surface area contributed by atoms with Gasteiger partial charge in [0.25, 0.3) is 5.91 Å². The molecule has 1 amide bonds. The van der Waals surface area contributed by atoms with E-state index >= 15 is 0 Å². The Morgan fingerprint density at radius 2 is 1.86 bits per heavy atom. The number of hydrogen-bond donors (Lipinski definition) is 1. The van der Waals surface area contributed by atoms with Crippen LogP contribution in [-0.2, 0) is 7.05 Å². The Bertz CT molecular complexity index is 1170. The van der Waals surface area contributed by atoms with Crippen molar-refractivity contribution in [3.8, 4) is 11.4 Å². The zero-order valence-corrected chi connectivity index (χ0v) is 15.8. The molecule has 4 aromatic heterocycles. The maximum atomic E-state index is 12.6. The molecule has 4 aromatic rings. The third-order valence-electron chi connectivity index (χ3n) is 4.39. The van der Waals surface area contributed by atoms with Crippen molar-refractivity contribution < 1.29 is 4.79 Å². The molecule has 1 N–H and O–H groups in total. The van der Waals surface area contributed by atoms with Crippen LogP contribution in [0.4, 0.5) is 11.6 Å². The van der Waals surface area contributed by atoms with Crippen LogP contribution in [-0.4, -0.2) is 44.5 Å². The lowest BCUT2D eigenvalue weighted by Gasteiger charge is -2.12. The number of fused-ring (bicyclic) bond motifs is 1. The first-order chi connectivity index (χ1) is 13.5. The monoisotopic (exact) mass is 373 g/mol. The molecule has 8 nitrogen and oxygen atoms in total. The SMILES string of the molecule is CN(C)c1cc(C(=O)Nc2cc3cc(-c4cncn4C)ncc3cn2)ccn1. The van der Waals surface area contributed by atoms with E-state index in [0.29, 0.717) is 17.2 Å². The minimum atomic E-state index is -0.238. The van der Waals surface area contributed by atoms with Crippen LogP contribution in [0.3, 0.4) is 0 Å². The van der Waals surface area contributed by atoms with Crippen LogP contribution in [0.2, 0.25) is 0 Å². The second-order valence-corrected chi connectivity index (χ2v) is 6.63. The molecule has 0 aliphatic rings. The van der Waals surface area contributed by atoms with Crippen LogP contribution in [0.1, 0.15) is 10.4 Å². The summed E-state index contributed by atoms with van der Waals surface area (Å²) >= 11 is 0. The van der Waals surface area contributed by atoms with E-state index in [4.69, 9.17) is 0 Å². The first-order valence-corrected chi connectivity index (χ1v) is 8.68. The number of anilines is 2. The molecule has 4 rings (SSSR count). The molecule has 0 unspecified atom stereocenters. The fourth-order valence-corrected chi connectivity index (χ4v) is 2.84. The number of imidazole rings is 1. The summed E-state index contributed by atoms with van der Waals surface area (Å²) in [5.41, 5.74) is 2.24. The molecule has 8 heteroatoms. The molecule has 0 saturated heterocycles. The fraction of sp³-hybridized carbons (Fsp3) is 0.150. The Morgan fingerprint density at radius 3 is 2.61 bits per heavy atom. The average Bonchev–Trinajstić information content (AvgIpc) is 3.13. The van der Waals surface area contributed by atoms with Gasteiger partial charge in [0.2, 0.25) is 0 Å². The molecule has 28 heavy (non-hydrogen) atoms. The average molecular weight is 373 g/mol. The first kappa shape index (κ1) is 17.6. The third-order valence-corrected chi connectivity index (χ3v) is 4.39. The third kappa shape index (κ3) is 3.39. The highest BCUT2D eigenvalue weighted by Crippen LogP contribution is 2.23. The molecule has 4 heterocycles. The van der Waals surface area contributed by atoms with Crippen molar-refractivity contribution in [1.29, 1.82) is 0 Å². The molecule has 0 atom stereocenters. The summed E-state index contributed by atoms with van der Waals surface area (Å²) in [5, 5.41) is 4.67. The van der Waals surface area contributed by atoms with E-state index in [-0.39, 0.29) is 5.91 Å². The van der Waals surface area contributed by atoms with Crippen LogP contribution < -0.4 is 10.2 Å². The van der Waals surface area contributed by atoms with Crippen molar-refractivity contribution in [2.75, 3.05) is 24.3 Å². The van der Waals surface area contributed by atoms with Crippen LogP contribution in [0.25, 0.3) is 22.2 Å². The zero-order chi connectivity index (χ0) is 19.7. The van der Waals surface area contributed by atoms with Crippen molar-refractivity contribution in [1.82, 2.24) is 24.5 Å². The minimum absolute atomic E-state index is 0.238. The highest BCUT2D eigenvalue weighted by atomic mass is 16.1. The molecule has 0 saturated carbocycles. The van der Waals surface area contributed by atoms with Crippen LogP contribution in [0, 0.1) is 0 Å². The molecule has 0 aliphatic heterocycles. The smallest absolute Gasteiger partial charge is 0.257 e. The van der Waals surface area contributed by atoms with Crippen LogP contribution >= 0.6 is 0 Å². The predicted molar refractivity (Wildman–Crippen MR) is 108 cm³/mol. The van der Waals surface area contributed by atoms with E-state index in [0.717, 1.165) is 22.2 Å². The Morgan fingerprint density at radius 1 is 1.04 bits per heavy atom. The van der Waals surface area contributed by atoms with Gasteiger partial charge >= 0.3 is 0 Å². The summed E-state index contributed by atoms with van der Waals surface area (Å²) in [6, 6.07) is 7.21. The summed E-state index contributed by atoms with van der Waals surface area (Å²) in [5.74, 6) is 0.951. The zero-order valence-electron chi connectivity index (χ0n) is 15.8. The van der Waals surface area contributed by atoms with Crippen molar-refractivity contribution in [3.63, 3.8) is 0 Å². The lowest BCUT2D eigenvalue weighted by atomic mass is 10.1. The standard InChI is InChI=1S/C20H19N7O/c1-26(2)19-8-13(4-5-22-19)20(28)25-18-7-14-6-16(17-11-21-12-27(17)3)23-9-15(14)10-24-18/h4-12H,1-3H3,(H,24,25,28). The summed E-state index contributed by atoms with van der Waals surface area (Å²) in [4.78, 5) is 31.6. The Labute approximate surface area is 161 Å². The summed E-state index contributed by atoms with van der Waals surface area (Å²) in [7, 11) is 5.68. The number of aromatic nitrogens is 5. The molecule has 0 bridgehead atoms. The molecule has 140 valence electrons. The van der Waals surface area contributed by atoms with E-state index in [9.17, 15) is 4.79 Å². The topological polar surface area (TPSA) is 88.8 Å². The minimum Gasteiger partial charge on any atom is -0.363 e. The highest BCUT2D eigenvalue weighted by Gasteiger charge is 2.11. The number of hydrogen-bond acceptors (Lipinski definition) is 6. The Kier molecular flexibility index (Phi) is 4.44. The maximum absolute atomic E-state index is 12.6. The van der Waals surface area contributed by atoms with Crippen molar-refractivity contribution in [3.05, 3.63) is 60.9 Å². The van der Waals surface area contributed by atoms with Crippen LogP contribution in [0.5, 0.6) is 0 Å². The van der Waals surface area contributed by atoms with Gasteiger partial charge in [-0.25, -0.2) is 15.0 Å². The predicted octanol–water partition coefficient (Wildman–Crippen LogP) is 2.74. The fourth-order valence-electron chi connectivity index (χ4n) is 2.84. The van der Waals surface area contributed by atoms with Gasteiger partial charge in [-0.15, -0.1) is 0 Å². The number of carbonyl (C=O) groups is 1. The normalized spacial score (nSPS) is 10.8. The Hall–Kier alpha value is -3.81. The number of rotatable bonds is 4. The van der Waals surface area contributed by atoms with E-state index in [1.807, 2.05) is 42.7 Å². The van der Waals surface area contributed by atoms with E-state index < -0.39 is 0 Å². The molecule has 0 fully saturated rings. The lowest BCUT2D eigenvalue weighted by molar-refractivity contribution is 0.102. The molecule has 0 aromatic carbocycles. The number of amides is 1. The Balaban J connectivity index is 1.63. The van der Waals surface area contributed by atoms with Crippen molar-refractivity contribution >= 4 is 28.3 Å². The van der Waals surface area contributed by atoms with Crippen molar-refractivity contribution in [2.45, 2.75) is 0 Å². The van der Waals surface area contributed by atoms with Gasteiger partial charge in [0.05, 0.1) is 23.9 Å². The van der Waals surface area contributed by atoms with Gasteiger partial charge in [-0.3, -0.25) is 9.78 Å². The summed E-state index contributed by atoms with van der Waals surface area (Å²) in [6.45, 7) is 0. The van der Waals surface area contributed by atoms with Gasteiger partial charge in [0.1, 0.15) is 11.6 Å². The largest absolute Gasteiger partial charge is 0.363 e. The number of pyridine rings is 3. The van der Waals surface area contributed by atoms with E-state index in [2.05, 4.69) is 25.3 Å². The second kappa shape index (κ2) is 7.07. The maximum Gasteiger partial charge on any atom is 0.257 e. The van der Waals surface area contributed by atoms with Gasteiger partial charge in [-0.2, -0.15) is 0 Å². The summed E-state index contributed by atoms with van der Waals surface area (Å²) < 4.78 is 1.91. The number of carbonyl (C=O) groups excluding carboxylic acids is 1. The lowest BCUT2D eigenvalue weighted by Crippen LogP contribution is -2.15. The van der Waals surface area contributed by atoms with E-state index in [1.54, 1.807) is 43.2 Å². The first-order valence-electron chi connectivity index (χ1n) is 8.68. The van der Waals surface area contributed by atoms with E-state index in [1.165, 1.54) is 0 Å². The summed E-state index contributed by atoms with van der Waals surface area (Å²) in [6.07, 6.45) is 8.58. The number of nitrogens with zero attached hydrogens (tertiary/aromatic N) is 6.